The van der Waals surface area contributed by atoms with E-state index in [2.05, 4.69) is 0 Å². The summed E-state index contributed by atoms with van der Waals surface area (Å²) >= 11 is 0. The number of rotatable bonds is 14. The van der Waals surface area contributed by atoms with Crippen molar-refractivity contribution >= 4 is 23.9 Å². The van der Waals surface area contributed by atoms with E-state index in [1.807, 2.05) is 0 Å². The van der Waals surface area contributed by atoms with Gasteiger partial charge in [-0.25, -0.2) is 9.59 Å². The molecule has 0 saturated heterocycles. The van der Waals surface area contributed by atoms with Gasteiger partial charge in [0.15, 0.2) is 0 Å². The van der Waals surface area contributed by atoms with Crippen LogP contribution >= 0.6 is 0 Å². The SMILES string of the molecule is O=C([O-])c1ccccc1C(=O)OCCOCCO.O=C([O-])c1ccccc1C(=O)OCCOCCO.[Zn+2]. The summed E-state index contributed by atoms with van der Waals surface area (Å²) in [6.07, 6.45) is 0. The standard InChI is InChI=1S/2C12H14O6.Zn/c2*13-5-6-17-7-8-18-12(16)10-4-2-1-3-9(10)11(14)15;/h2*1-4,13H,5-8H2,(H,14,15);/q;;+2/p-2. The van der Waals surface area contributed by atoms with Gasteiger partial charge < -0.3 is 49.0 Å². The Morgan fingerprint density at radius 1 is 0.568 bits per heavy atom. The minimum absolute atomic E-state index is 0. The molecular formula is C24H26O12Zn. The molecule has 13 heteroatoms. The third-order valence-electron chi connectivity index (χ3n) is 4.13. The average Bonchev–Trinajstić information content (AvgIpc) is 2.88. The molecule has 0 amide bonds. The van der Waals surface area contributed by atoms with Gasteiger partial charge in [0.1, 0.15) is 13.2 Å². The molecule has 0 fully saturated rings. The minimum Gasteiger partial charge on any atom is -0.545 e. The van der Waals surface area contributed by atoms with Gasteiger partial charge in [0, 0.05) is 11.1 Å². The number of benzene rings is 2. The van der Waals surface area contributed by atoms with E-state index in [1.165, 1.54) is 48.5 Å². The van der Waals surface area contributed by atoms with Crippen molar-refractivity contribution in [1.29, 1.82) is 0 Å². The Morgan fingerprint density at radius 2 is 0.892 bits per heavy atom. The summed E-state index contributed by atoms with van der Waals surface area (Å²) in [5.74, 6) is -4.36. The Kier molecular flexibility index (Phi) is 18.2. The molecule has 2 aromatic carbocycles. The quantitative estimate of drug-likeness (QED) is 0.151. The number of aliphatic hydroxyl groups excluding tert-OH is 2. The van der Waals surface area contributed by atoms with Crippen molar-refractivity contribution in [3.05, 3.63) is 70.8 Å². The van der Waals surface area contributed by atoms with Crippen molar-refractivity contribution in [3.8, 4) is 0 Å². The predicted molar refractivity (Wildman–Crippen MR) is 118 cm³/mol. The van der Waals surface area contributed by atoms with Gasteiger partial charge in [-0.3, -0.25) is 0 Å². The molecule has 196 valence electrons. The summed E-state index contributed by atoms with van der Waals surface area (Å²) < 4.78 is 19.4. The second-order valence-electron chi connectivity index (χ2n) is 6.61. The van der Waals surface area contributed by atoms with E-state index in [9.17, 15) is 29.4 Å². The zero-order valence-electron chi connectivity index (χ0n) is 20.0. The normalized spacial score (nSPS) is 9.78. The van der Waals surface area contributed by atoms with E-state index in [0.29, 0.717) is 0 Å². The number of carboxylic acids is 2. The van der Waals surface area contributed by atoms with E-state index in [-0.39, 0.29) is 94.6 Å². The van der Waals surface area contributed by atoms with Gasteiger partial charge in [0.25, 0.3) is 0 Å². The maximum absolute atomic E-state index is 11.6. The summed E-state index contributed by atoms with van der Waals surface area (Å²) in [6.45, 7) is 0.350. The number of aliphatic hydroxyl groups is 2. The molecule has 0 radical (unpaired) electrons. The molecule has 0 aromatic heterocycles. The number of esters is 2. The van der Waals surface area contributed by atoms with Crippen LogP contribution in [0.15, 0.2) is 48.5 Å². The molecule has 0 unspecified atom stereocenters. The van der Waals surface area contributed by atoms with Crippen LogP contribution in [-0.2, 0) is 38.4 Å². The molecule has 0 aliphatic rings. The van der Waals surface area contributed by atoms with Crippen molar-refractivity contribution in [1.82, 2.24) is 0 Å². The molecule has 2 rings (SSSR count). The van der Waals surface area contributed by atoms with Crippen molar-refractivity contribution in [2.24, 2.45) is 0 Å². The summed E-state index contributed by atoms with van der Waals surface area (Å²) in [5, 5.41) is 38.4. The Labute approximate surface area is 225 Å². The number of carbonyl (C=O) groups is 4. The van der Waals surface area contributed by atoms with Gasteiger partial charge in [-0.05, 0) is 12.1 Å². The fourth-order valence-corrected chi connectivity index (χ4v) is 2.55. The molecule has 0 spiro atoms. The van der Waals surface area contributed by atoms with E-state index < -0.39 is 23.9 Å². The second-order valence-corrected chi connectivity index (χ2v) is 6.61. The van der Waals surface area contributed by atoms with Crippen LogP contribution in [0.3, 0.4) is 0 Å². The van der Waals surface area contributed by atoms with Crippen LogP contribution in [0.25, 0.3) is 0 Å². The monoisotopic (exact) mass is 570 g/mol. The van der Waals surface area contributed by atoms with Crippen LogP contribution in [-0.4, -0.2) is 86.9 Å². The van der Waals surface area contributed by atoms with Gasteiger partial charge in [-0.2, -0.15) is 0 Å². The first kappa shape index (κ1) is 33.8. The number of hydrogen-bond acceptors (Lipinski definition) is 12. The summed E-state index contributed by atoms with van der Waals surface area (Å²) in [6, 6.07) is 11.3. The van der Waals surface area contributed by atoms with E-state index in [4.69, 9.17) is 29.2 Å². The molecule has 0 saturated carbocycles. The zero-order chi connectivity index (χ0) is 26.8. The molecule has 0 aliphatic heterocycles. The van der Waals surface area contributed by atoms with E-state index in [1.54, 1.807) is 0 Å². The smallest absolute Gasteiger partial charge is 0.545 e. The molecular weight excluding hydrogens is 546 g/mol. The van der Waals surface area contributed by atoms with Gasteiger partial charge in [0.05, 0.1) is 62.7 Å². The predicted octanol–water partition coefficient (Wildman–Crippen LogP) is -1.57. The Morgan fingerprint density at radius 3 is 1.19 bits per heavy atom. The molecule has 0 aliphatic carbocycles. The van der Waals surface area contributed by atoms with Crippen LogP contribution in [0.5, 0.6) is 0 Å². The van der Waals surface area contributed by atoms with Crippen molar-refractivity contribution in [2.75, 3.05) is 52.9 Å². The molecule has 37 heavy (non-hydrogen) atoms. The first-order valence-electron chi connectivity index (χ1n) is 10.7. The van der Waals surface area contributed by atoms with Crippen LogP contribution in [0.2, 0.25) is 0 Å². The fourth-order valence-electron chi connectivity index (χ4n) is 2.55. The minimum atomic E-state index is -1.43. The second kappa shape index (κ2) is 19.9. The summed E-state index contributed by atoms with van der Waals surface area (Å²) in [7, 11) is 0. The van der Waals surface area contributed by atoms with Crippen LogP contribution in [0, 0.1) is 0 Å². The molecule has 0 bridgehead atoms. The van der Waals surface area contributed by atoms with Crippen LogP contribution < -0.4 is 10.2 Å². The zero-order valence-corrected chi connectivity index (χ0v) is 22.9. The van der Waals surface area contributed by atoms with E-state index >= 15 is 0 Å². The molecule has 0 atom stereocenters. The summed E-state index contributed by atoms with van der Waals surface area (Å²) in [4.78, 5) is 44.7. The van der Waals surface area contributed by atoms with Crippen LogP contribution in [0.1, 0.15) is 41.4 Å². The van der Waals surface area contributed by atoms with Crippen molar-refractivity contribution in [3.63, 3.8) is 0 Å². The van der Waals surface area contributed by atoms with Crippen LogP contribution in [0.4, 0.5) is 0 Å². The van der Waals surface area contributed by atoms with E-state index in [0.717, 1.165) is 0 Å². The third kappa shape index (κ3) is 13.1. The van der Waals surface area contributed by atoms with Crippen molar-refractivity contribution < 1.29 is 78.0 Å². The molecule has 0 heterocycles. The van der Waals surface area contributed by atoms with Gasteiger partial charge in [-0.15, -0.1) is 0 Å². The number of aromatic carboxylic acids is 2. The Hall–Kier alpha value is -3.22. The molecule has 12 nitrogen and oxygen atoms in total. The Balaban J connectivity index is 0.000000682. The van der Waals surface area contributed by atoms with Gasteiger partial charge in [0.2, 0.25) is 0 Å². The number of carbonyl (C=O) groups excluding carboxylic acids is 4. The summed E-state index contributed by atoms with van der Waals surface area (Å²) in [5.41, 5.74) is -0.531. The number of ether oxygens (including phenoxy) is 4. The average molecular weight is 572 g/mol. The first-order chi connectivity index (χ1) is 17.3. The largest absolute Gasteiger partial charge is 2.00 e. The molecule has 2 N–H and O–H groups in total. The van der Waals surface area contributed by atoms with Gasteiger partial charge in [-0.1, -0.05) is 36.4 Å². The number of hydrogen-bond donors (Lipinski definition) is 2. The number of carboxylic acid groups (broad SMARTS) is 2. The molecule has 2 aromatic rings. The third-order valence-corrected chi connectivity index (χ3v) is 4.13. The van der Waals surface area contributed by atoms with Gasteiger partial charge >= 0.3 is 31.4 Å². The Bertz CT molecular complexity index is 916. The fraction of sp³-hybridized carbons (Fsp3) is 0.333. The van der Waals surface area contributed by atoms with Crippen molar-refractivity contribution in [2.45, 2.75) is 0 Å². The maximum Gasteiger partial charge on any atom is 2.00 e. The topological polar surface area (TPSA) is 192 Å². The first-order valence-corrected chi connectivity index (χ1v) is 10.7. The maximum atomic E-state index is 11.6.